The number of hydrogen-bond acceptors (Lipinski definition) is 3. The molecule has 0 aromatic rings. The molecular weight excluding hydrogens is 270 g/mol. The van der Waals surface area contributed by atoms with Gasteiger partial charge < -0.3 is 13.4 Å². The summed E-state index contributed by atoms with van der Waals surface area (Å²) in [6.45, 7) is 15.4. The number of hydrogen-bond donors (Lipinski definition) is 0. The maximum atomic E-state index is 5.53. The van der Waals surface area contributed by atoms with Crippen LogP contribution in [0, 0.1) is 0 Å². The highest BCUT2D eigenvalue weighted by Gasteiger charge is 2.38. The maximum Gasteiger partial charge on any atom is 0.334 e. The number of rotatable bonds is 8. The van der Waals surface area contributed by atoms with Crippen molar-refractivity contribution in [2.45, 2.75) is 64.3 Å². The molecule has 0 aliphatic rings. The van der Waals surface area contributed by atoms with Crippen molar-refractivity contribution >= 4 is 16.8 Å². The molecule has 0 aliphatic carbocycles. The molecule has 0 aliphatic heterocycles. The van der Waals surface area contributed by atoms with Crippen molar-refractivity contribution in [2.24, 2.45) is 0 Å². The summed E-state index contributed by atoms with van der Waals surface area (Å²) < 4.78 is 13.7. The molecule has 3 nitrogen and oxygen atoms in total. The first-order valence-corrected chi connectivity index (χ1v) is 12.8. The van der Waals surface area contributed by atoms with Crippen LogP contribution in [-0.4, -0.2) is 49.2 Å². The van der Waals surface area contributed by atoms with Gasteiger partial charge in [0.05, 0.1) is 0 Å². The highest BCUT2D eigenvalue weighted by molar-refractivity contribution is 6.77. The van der Waals surface area contributed by atoms with Gasteiger partial charge in [0.2, 0.25) is 0 Å². The Kier molecular flexibility index (Phi) is 7.48. The van der Waals surface area contributed by atoms with Crippen molar-refractivity contribution in [3.05, 3.63) is 0 Å². The zero-order valence-electron chi connectivity index (χ0n) is 14.6. The Morgan fingerprint density at radius 3 is 1.79 bits per heavy atom. The summed E-state index contributed by atoms with van der Waals surface area (Å²) in [6.07, 6.45) is 2.43. The van der Waals surface area contributed by atoms with E-state index < -0.39 is 16.8 Å². The lowest BCUT2D eigenvalue weighted by molar-refractivity contribution is 0.247. The van der Waals surface area contributed by atoms with E-state index in [0.29, 0.717) is 5.04 Å². The van der Waals surface area contributed by atoms with Crippen molar-refractivity contribution < 1.29 is 8.85 Å². The van der Waals surface area contributed by atoms with Gasteiger partial charge in [0, 0.05) is 14.2 Å². The van der Waals surface area contributed by atoms with E-state index in [-0.39, 0.29) is 0 Å². The Morgan fingerprint density at radius 1 is 0.947 bits per heavy atom. The lowest BCUT2D eigenvalue weighted by Crippen LogP contribution is -2.53. The Bertz CT molecular complexity index is 261. The first kappa shape index (κ1) is 19.3. The fraction of sp³-hybridized carbons (Fsp3) is 1.00. The topological polar surface area (TPSA) is 21.7 Å². The quantitative estimate of drug-likeness (QED) is 0.498. The summed E-state index contributed by atoms with van der Waals surface area (Å²) in [7, 11) is 2.65. The SMILES string of the molecule is CO[Si](C)(CCCCN(C)[Si](C)(C)C(C)(C)C)OC. The largest absolute Gasteiger partial charge is 0.398 e. The van der Waals surface area contributed by atoms with Crippen LogP contribution in [0.1, 0.15) is 33.6 Å². The molecule has 0 N–H and O–H groups in total. The van der Waals surface area contributed by atoms with Gasteiger partial charge in [-0.1, -0.05) is 40.3 Å². The van der Waals surface area contributed by atoms with E-state index in [2.05, 4.69) is 52.0 Å². The molecule has 0 aromatic heterocycles. The monoisotopic (exact) mass is 305 g/mol. The zero-order valence-corrected chi connectivity index (χ0v) is 16.6. The predicted molar refractivity (Wildman–Crippen MR) is 89.5 cm³/mol. The highest BCUT2D eigenvalue weighted by Crippen LogP contribution is 2.37. The lowest BCUT2D eigenvalue weighted by atomic mass is 10.2. The van der Waals surface area contributed by atoms with Gasteiger partial charge in [0.25, 0.3) is 0 Å². The Hall–Kier alpha value is 0.314. The summed E-state index contributed by atoms with van der Waals surface area (Å²) in [5.41, 5.74) is 0. The lowest BCUT2D eigenvalue weighted by Gasteiger charge is -2.44. The Balaban J connectivity index is 4.16. The second kappa shape index (κ2) is 7.36. The smallest absolute Gasteiger partial charge is 0.334 e. The highest BCUT2D eigenvalue weighted by atomic mass is 28.4. The minimum atomic E-state index is -1.86. The van der Waals surface area contributed by atoms with Crippen LogP contribution in [0.25, 0.3) is 0 Å². The fourth-order valence-corrected chi connectivity index (χ4v) is 5.26. The minimum Gasteiger partial charge on any atom is -0.398 e. The van der Waals surface area contributed by atoms with Gasteiger partial charge in [0.1, 0.15) is 8.24 Å². The average molecular weight is 306 g/mol. The van der Waals surface area contributed by atoms with E-state index in [9.17, 15) is 0 Å². The van der Waals surface area contributed by atoms with E-state index in [1.165, 1.54) is 19.4 Å². The summed E-state index contributed by atoms with van der Waals surface area (Å²) in [5.74, 6) is 0. The molecule has 116 valence electrons. The third-order valence-electron chi connectivity index (χ3n) is 5.03. The van der Waals surface area contributed by atoms with Crippen LogP contribution < -0.4 is 0 Å². The van der Waals surface area contributed by atoms with Gasteiger partial charge in [-0.15, -0.1) is 0 Å². The first-order valence-electron chi connectivity index (χ1n) is 7.32. The molecule has 0 saturated heterocycles. The Morgan fingerprint density at radius 2 is 1.42 bits per heavy atom. The minimum absolute atomic E-state index is 0.421. The van der Waals surface area contributed by atoms with E-state index in [1.807, 2.05) is 0 Å². The van der Waals surface area contributed by atoms with Crippen LogP contribution in [0.15, 0.2) is 0 Å². The normalized spacial score (nSPS) is 14.2. The van der Waals surface area contributed by atoms with Gasteiger partial charge in [0.15, 0.2) is 0 Å². The summed E-state index contributed by atoms with van der Waals surface area (Å²) in [6, 6.07) is 1.09. The molecule has 0 atom stereocenters. The van der Waals surface area contributed by atoms with E-state index >= 15 is 0 Å². The van der Waals surface area contributed by atoms with Crippen LogP contribution in [0.3, 0.4) is 0 Å². The third kappa shape index (κ3) is 5.67. The van der Waals surface area contributed by atoms with E-state index in [4.69, 9.17) is 8.85 Å². The van der Waals surface area contributed by atoms with Crippen molar-refractivity contribution in [3.63, 3.8) is 0 Å². The molecule has 0 unspecified atom stereocenters. The predicted octanol–water partition coefficient (Wildman–Crippen LogP) is 4.07. The second-order valence-electron chi connectivity index (χ2n) is 7.23. The number of unbranched alkanes of at least 4 members (excludes halogenated alkanes) is 1. The summed E-state index contributed by atoms with van der Waals surface area (Å²) in [5, 5.41) is 0.421. The first-order chi connectivity index (χ1) is 8.50. The molecule has 0 aromatic carbocycles. The van der Waals surface area contributed by atoms with Gasteiger partial charge in [-0.05, 0) is 37.6 Å². The molecule has 0 saturated carbocycles. The molecule has 0 fully saturated rings. The van der Waals surface area contributed by atoms with Gasteiger partial charge >= 0.3 is 8.56 Å². The zero-order chi connectivity index (χ0) is 15.3. The van der Waals surface area contributed by atoms with Crippen molar-refractivity contribution in [2.75, 3.05) is 27.8 Å². The average Bonchev–Trinajstić information content (AvgIpc) is 2.32. The van der Waals surface area contributed by atoms with Crippen molar-refractivity contribution in [1.29, 1.82) is 0 Å². The van der Waals surface area contributed by atoms with E-state index in [1.54, 1.807) is 14.2 Å². The molecule has 0 spiro atoms. The number of nitrogens with zero attached hydrogens (tertiary/aromatic N) is 1. The molecular formula is C14H35NO2Si2. The maximum absolute atomic E-state index is 5.53. The molecule has 0 heterocycles. The molecule has 19 heavy (non-hydrogen) atoms. The van der Waals surface area contributed by atoms with E-state index in [0.717, 1.165) is 6.04 Å². The van der Waals surface area contributed by atoms with Crippen molar-refractivity contribution in [1.82, 2.24) is 4.57 Å². The molecule has 5 heteroatoms. The van der Waals surface area contributed by atoms with Crippen LogP contribution in [0.5, 0.6) is 0 Å². The third-order valence-corrected chi connectivity index (χ3v) is 13.8. The summed E-state index contributed by atoms with van der Waals surface area (Å²) in [4.78, 5) is 0. The van der Waals surface area contributed by atoms with Gasteiger partial charge in [-0.25, -0.2) is 0 Å². The second-order valence-corrected chi connectivity index (χ2v) is 16.2. The molecule has 0 bridgehead atoms. The summed E-state index contributed by atoms with van der Waals surface area (Å²) >= 11 is 0. The van der Waals surface area contributed by atoms with Crippen LogP contribution in [0.2, 0.25) is 30.7 Å². The molecule has 0 amide bonds. The Labute approximate surface area is 123 Å². The van der Waals surface area contributed by atoms with Crippen LogP contribution in [-0.2, 0) is 8.85 Å². The molecule has 0 radical (unpaired) electrons. The van der Waals surface area contributed by atoms with Crippen LogP contribution in [0.4, 0.5) is 0 Å². The fourth-order valence-electron chi connectivity index (χ4n) is 1.93. The molecule has 0 rings (SSSR count). The van der Waals surface area contributed by atoms with Gasteiger partial charge in [-0.3, -0.25) is 0 Å². The standard InChI is InChI=1S/C14H35NO2Si2/c1-14(2,3)18(7,8)15(4)12-10-11-13-19(9,16-5)17-6/h10-13H2,1-9H3. The van der Waals surface area contributed by atoms with Gasteiger partial charge in [-0.2, -0.15) is 0 Å². The van der Waals surface area contributed by atoms with Crippen LogP contribution >= 0.6 is 0 Å². The van der Waals surface area contributed by atoms with Crippen molar-refractivity contribution in [3.8, 4) is 0 Å².